The van der Waals surface area contributed by atoms with Crippen LogP contribution < -0.4 is 5.73 Å². The van der Waals surface area contributed by atoms with Crippen LogP contribution >= 0.6 is 11.8 Å². The zero-order chi connectivity index (χ0) is 13.4. The van der Waals surface area contributed by atoms with E-state index in [9.17, 15) is 4.79 Å². The van der Waals surface area contributed by atoms with Crippen LogP contribution in [-0.4, -0.2) is 47.9 Å². The molecule has 0 aliphatic carbocycles. The van der Waals surface area contributed by atoms with Gasteiger partial charge in [0.1, 0.15) is 0 Å². The Morgan fingerprint density at radius 3 is 3.06 bits per heavy atom. The van der Waals surface area contributed by atoms with Gasteiger partial charge in [-0.2, -0.15) is 11.8 Å². The molecule has 0 fully saturated rings. The second kappa shape index (κ2) is 7.75. The Hall–Kier alpha value is -1.51. The number of aromatic nitrogens is 1. The molecular weight excluding hydrogens is 246 g/mol. The summed E-state index contributed by atoms with van der Waals surface area (Å²) in [6, 6.07) is 1.69. The van der Waals surface area contributed by atoms with Crippen LogP contribution in [0.5, 0.6) is 0 Å². The van der Waals surface area contributed by atoms with Crippen LogP contribution in [0.3, 0.4) is 0 Å². The van der Waals surface area contributed by atoms with Gasteiger partial charge in [0.2, 0.25) is 0 Å². The molecule has 4 nitrogen and oxygen atoms in total. The molecular formula is C13H17N3OS. The number of carbonyl (C=O) groups is 1. The molecule has 1 amide bonds. The molecule has 0 saturated carbocycles. The van der Waals surface area contributed by atoms with Crippen LogP contribution in [0, 0.1) is 11.8 Å². The van der Waals surface area contributed by atoms with E-state index in [0.717, 1.165) is 5.75 Å². The number of amides is 1. The van der Waals surface area contributed by atoms with Crippen molar-refractivity contribution in [3.05, 3.63) is 29.6 Å². The minimum atomic E-state index is -0.0345. The Morgan fingerprint density at radius 2 is 2.39 bits per heavy atom. The van der Waals surface area contributed by atoms with Gasteiger partial charge in [0.05, 0.1) is 17.7 Å². The van der Waals surface area contributed by atoms with Gasteiger partial charge in [0, 0.05) is 31.7 Å². The van der Waals surface area contributed by atoms with Crippen molar-refractivity contribution in [3.63, 3.8) is 0 Å². The van der Waals surface area contributed by atoms with Crippen molar-refractivity contribution < 1.29 is 4.79 Å². The van der Waals surface area contributed by atoms with Crippen molar-refractivity contribution in [2.24, 2.45) is 5.73 Å². The maximum atomic E-state index is 12.2. The fraction of sp³-hybridized carbons (Fsp3) is 0.385. The zero-order valence-electron chi connectivity index (χ0n) is 10.6. The summed E-state index contributed by atoms with van der Waals surface area (Å²) in [5, 5.41) is 0. The molecule has 0 unspecified atom stereocenters. The molecule has 1 aromatic rings. The second-order valence-corrected chi connectivity index (χ2v) is 4.63. The molecule has 1 heterocycles. The Balaban J connectivity index is 2.91. The molecule has 96 valence electrons. The lowest BCUT2D eigenvalue weighted by atomic mass is 10.1. The fourth-order valence-electron chi connectivity index (χ4n) is 1.36. The number of pyridine rings is 1. The lowest BCUT2D eigenvalue weighted by molar-refractivity contribution is 0.0803. The topological polar surface area (TPSA) is 59.2 Å². The summed E-state index contributed by atoms with van der Waals surface area (Å²) in [5.74, 6) is 6.50. The van der Waals surface area contributed by atoms with Crippen molar-refractivity contribution >= 4 is 17.7 Å². The summed E-state index contributed by atoms with van der Waals surface area (Å²) < 4.78 is 0. The number of rotatable bonds is 4. The van der Waals surface area contributed by atoms with E-state index in [-0.39, 0.29) is 12.5 Å². The van der Waals surface area contributed by atoms with Crippen LogP contribution in [-0.2, 0) is 0 Å². The first-order chi connectivity index (χ1) is 8.70. The lowest BCUT2D eigenvalue weighted by Crippen LogP contribution is -2.29. The second-order valence-electron chi connectivity index (χ2n) is 3.65. The summed E-state index contributed by atoms with van der Waals surface area (Å²) in [6.45, 7) is 0.983. The van der Waals surface area contributed by atoms with Crippen molar-refractivity contribution in [1.82, 2.24) is 9.88 Å². The SMILES string of the molecule is CSCCN(C)C(=O)c1ccncc1C#CCN. The summed E-state index contributed by atoms with van der Waals surface area (Å²) in [4.78, 5) is 17.9. The molecule has 0 aliphatic rings. The normalized spacial score (nSPS) is 9.50. The average Bonchev–Trinajstić information content (AvgIpc) is 2.42. The number of nitrogens with zero attached hydrogens (tertiary/aromatic N) is 2. The number of carbonyl (C=O) groups excluding carboxylic acids is 1. The van der Waals surface area contributed by atoms with Gasteiger partial charge in [-0.15, -0.1) is 0 Å². The third-order valence-electron chi connectivity index (χ3n) is 2.35. The van der Waals surface area contributed by atoms with Gasteiger partial charge in [0.25, 0.3) is 5.91 Å². The smallest absolute Gasteiger partial charge is 0.255 e. The first kappa shape index (κ1) is 14.6. The average molecular weight is 263 g/mol. The van der Waals surface area contributed by atoms with Gasteiger partial charge in [-0.3, -0.25) is 9.78 Å². The molecule has 2 N–H and O–H groups in total. The fourth-order valence-corrected chi connectivity index (χ4v) is 1.82. The van der Waals surface area contributed by atoms with Crippen molar-refractivity contribution in [3.8, 4) is 11.8 Å². The van der Waals surface area contributed by atoms with E-state index in [1.54, 1.807) is 42.2 Å². The Kier molecular flexibility index (Phi) is 6.26. The highest BCUT2D eigenvalue weighted by Crippen LogP contribution is 2.09. The number of hydrogen-bond acceptors (Lipinski definition) is 4. The molecule has 18 heavy (non-hydrogen) atoms. The van der Waals surface area contributed by atoms with Crippen molar-refractivity contribution in [2.75, 3.05) is 32.1 Å². The first-order valence-corrected chi connectivity index (χ1v) is 6.97. The molecule has 0 aliphatic heterocycles. The number of thioether (sulfide) groups is 1. The molecule has 0 radical (unpaired) electrons. The summed E-state index contributed by atoms with van der Waals surface area (Å²) >= 11 is 1.71. The molecule has 0 spiro atoms. The van der Waals surface area contributed by atoms with E-state index in [2.05, 4.69) is 16.8 Å². The van der Waals surface area contributed by atoms with E-state index in [1.165, 1.54) is 0 Å². The van der Waals surface area contributed by atoms with Gasteiger partial charge in [-0.25, -0.2) is 0 Å². The van der Waals surface area contributed by atoms with E-state index >= 15 is 0 Å². The monoisotopic (exact) mass is 263 g/mol. The molecule has 0 saturated heterocycles. The zero-order valence-corrected chi connectivity index (χ0v) is 11.5. The van der Waals surface area contributed by atoms with E-state index in [0.29, 0.717) is 17.7 Å². The van der Waals surface area contributed by atoms with E-state index < -0.39 is 0 Å². The van der Waals surface area contributed by atoms with Gasteiger partial charge in [0.15, 0.2) is 0 Å². The summed E-state index contributed by atoms with van der Waals surface area (Å²) in [6.07, 6.45) is 5.21. The third-order valence-corrected chi connectivity index (χ3v) is 2.94. The van der Waals surface area contributed by atoms with Crippen molar-refractivity contribution in [1.29, 1.82) is 0 Å². The van der Waals surface area contributed by atoms with Crippen LogP contribution in [0.2, 0.25) is 0 Å². The first-order valence-electron chi connectivity index (χ1n) is 5.58. The van der Waals surface area contributed by atoms with Crippen LogP contribution in [0.1, 0.15) is 15.9 Å². The van der Waals surface area contributed by atoms with Crippen molar-refractivity contribution in [2.45, 2.75) is 0 Å². The number of nitrogens with two attached hydrogens (primary N) is 1. The van der Waals surface area contributed by atoms with Gasteiger partial charge >= 0.3 is 0 Å². The Morgan fingerprint density at radius 1 is 1.61 bits per heavy atom. The molecule has 0 atom stereocenters. The van der Waals surface area contributed by atoms with Crippen LogP contribution in [0.15, 0.2) is 18.5 Å². The molecule has 1 aromatic heterocycles. The minimum Gasteiger partial charge on any atom is -0.341 e. The summed E-state index contributed by atoms with van der Waals surface area (Å²) in [7, 11) is 1.79. The Labute approximate surface area is 112 Å². The molecule has 1 rings (SSSR count). The lowest BCUT2D eigenvalue weighted by Gasteiger charge is -2.17. The van der Waals surface area contributed by atoms with E-state index in [4.69, 9.17) is 5.73 Å². The van der Waals surface area contributed by atoms with Crippen LogP contribution in [0.4, 0.5) is 0 Å². The predicted octanol–water partition coefficient (Wildman–Crippen LogP) is 0.827. The van der Waals surface area contributed by atoms with Gasteiger partial charge in [-0.1, -0.05) is 11.8 Å². The largest absolute Gasteiger partial charge is 0.341 e. The highest BCUT2D eigenvalue weighted by atomic mass is 32.2. The quantitative estimate of drug-likeness (QED) is 0.817. The third kappa shape index (κ3) is 4.06. The minimum absolute atomic E-state index is 0.0345. The molecule has 5 heteroatoms. The van der Waals surface area contributed by atoms with Crippen LogP contribution in [0.25, 0.3) is 0 Å². The number of hydrogen-bond donors (Lipinski definition) is 1. The standard InChI is InChI=1S/C13H17N3OS/c1-16(8-9-18-2)13(17)12-5-7-15-10-11(12)4-3-6-14/h5,7,10H,6,8-9,14H2,1-2H3. The van der Waals surface area contributed by atoms with E-state index in [1.807, 2.05) is 6.26 Å². The summed E-state index contributed by atoms with van der Waals surface area (Å²) in [5.41, 5.74) is 6.54. The molecule has 0 aromatic carbocycles. The maximum Gasteiger partial charge on any atom is 0.255 e. The predicted molar refractivity (Wildman–Crippen MR) is 75.5 cm³/mol. The van der Waals surface area contributed by atoms with Gasteiger partial charge in [-0.05, 0) is 12.3 Å². The molecule has 0 bridgehead atoms. The Bertz CT molecular complexity index is 465. The maximum absolute atomic E-state index is 12.2. The highest BCUT2D eigenvalue weighted by molar-refractivity contribution is 7.98. The highest BCUT2D eigenvalue weighted by Gasteiger charge is 2.14. The van der Waals surface area contributed by atoms with Gasteiger partial charge < -0.3 is 10.6 Å².